The largest absolute Gasteiger partial charge is 0.491 e. The fraction of sp³-hybridized carbons (Fsp3) is 0.565. The number of ether oxygens (including phenoxy) is 3. The van der Waals surface area contributed by atoms with E-state index in [2.05, 4.69) is 15.7 Å². The van der Waals surface area contributed by atoms with Gasteiger partial charge in [-0.25, -0.2) is 4.99 Å². The summed E-state index contributed by atoms with van der Waals surface area (Å²) in [5.41, 5.74) is 2.01. The van der Waals surface area contributed by atoms with Gasteiger partial charge >= 0.3 is 0 Å². The van der Waals surface area contributed by atoms with Gasteiger partial charge in [0.05, 0.1) is 31.6 Å². The van der Waals surface area contributed by atoms with Gasteiger partial charge in [-0.1, -0.05) is 0 Å². The Kier molecular flexibility index (Phi) is 11.8. The molecule has 178 valence electrons. The smallest absolute Gasteiger partial charge is 0.196 e. The Bertz CT molecular complexity index is 804. The highest BCUT2D eigenvalue weighted by Gasteiger charge is 2.14. The van der Waals surface area contributed by atoms with Gasteiger partial charge in [0.1, 0.15) is 5.75 Å². The van der Waals surface area contributed by atoms with Gasteiger partial charge < -0.3 is 24.8 Å². The number of hydrogen-bond acceptors (Lipinski definition) is 5. The van der Waals surface area contributed by atoms with Crippen molar-refractivity contribution in [2.24, 2.45) is 12.0 Å². The lowest BCUT2D eigenvalue weighted by molar-refractivity contribution is 0.0168. The molecule has 2 N–H and O–H groups in total. The van der Waals surface area contributed by atoms with E-state index in [0.717, 1.165) is 55.4 Å². The summed E-state index contributed by atoms with van der Waals surface area (Å²) in [5.74, 6) is 1.58. The number of rotatable bonds is 11. The van der Waals surface area contributed by atoms with Crippen LogP contribution in [-0.4, -0.2) is 54.3 Å². The van der Waals surface area contributed by atoms with Gasteiger partial charge in [0.2, 0.25) is 0 Å². The van der Waals surface area contributed by atoms with E-state index < -0.39 is 0 Å². The second-order valence-electron chi connectivity index (χ2n) is 7.99. The van der Waals surface area contributed by atoms with Crippen molar-refractivity contribution in [3.8, 4) is 5.75 Å². The van der Waals surface area contributed by atoms with Gasteiger partial charge in [0, 0.05) is 44.3 Å². The van der Waals surface area contributed by atoms with Crippen molar-refractivity contribution in [2.45, 2.75) is 51.9 Å². The highest BCUT2D eigenvalue weighted by molar-refractivity contribution is 14.0. The average molecular weight is 557 g/mol. The third-order valence-corrected chi connectivity index (χ3v) is 4.75. The topological polar surface area (TPSA) is 81.9 Å². The molecule has 9 heteroatoms. The minimum Gasteiger partial charge on any atom is -0.491 e. The van der Waals surface area contributed by atoms with Crippen LogP contribution >= 0.6 is 24.0 Å². The van der Waals surface area contributed by atoms with Crippen LogP contribution in [0.25, 0.3) is 0 Å². The maximum atomic E-state index is 5.74. The summed E-state index contributed by atoms with van der Waals surface area (Å²) in [7, 11) is 1.90. The van der Waals surface area contributed by atoms with Crippen LogP contribution < -0.4 is 15.4 Å². The molecule has 8 nitrogen and oxygen atoms in total. The van der Waals surface area contributed by atoms with E-state index >= 15 is 0 Å². The number of aliphatic imine (C=N–C) groups is 1. The van der Waals surface area contributed by atoms with Crippen LogP contribution in [0.4, 0.5) is 5.69 Å². The first kappa shape index (κ1) is 26.4. The molecule has 0 spiro atoms. The highest BCUT2D eigenvalue weighted by atomic mass is 127. The number of aromatic nitrogens is 2. The molecule has 0 bridgehead atoms. The molecule has 1 aliphatic heterocycles. The molecule has 0 aliphatic carbocycles. The first-order chi connectivity index (χ1) is 15.1. The maximum Gasteiger partial charge on any atom is 0.196 e. The maximum absolute atomic E-state index is 5.74. The molecule has 1 aromatic heterocycles. The minimum atomic E-state index is 0. The van der Waals surface area contributed by atoms with Crippen LogP contribution in [0.3, 0.4) is 0 Å². The third kappa shape index (κ3) is 9.74. The molecule has 1 atom stereocenters. The predicted octanol–water partition coefficient (Wildman–Crippen LogP) is 3.97. The van der Waals surface area contributed by atoms with E-state index in [0.29, 0.717) is 19.8 Å². The van der Waals surface area contributed by atoms with Crippen LogP contribution in [0.2, 0.25) is 0 Å². The molecule has 3 rings (SSSR count). The number of nitrogens with zero attached hydrogens (tertiary/aromatic N) is 3. The Morgan fingerprint density at radius 1 is 1.31 bits per heavy atom. The SMILES string of the molecule is CC(C)Oc1ccc(NC(=NCc2cnn(C)c2)NCCCOCC2CCCO2)cc1.I. The van der Waals surface area contributed by atoms with Gasteiger partial charge in [-0.15, -0.1) is 24.0 Å². The molecular weight excluding hydrogens is 521 g/mol. The number of hydrogen-bond donors (Lipinski definition) is 2. The lowest BCUT2D eigenvalue weighted by atomic mass is 10.2. The number of benzene rings is 1. The summed E-state index contributed by atoms with van der Waals surface area (Å²) in [6.07, 6.45) is 7.36. The van der Waals surface area contributed by atoms with E-state index in [4.69, 9.17) is 19.2 Å². The summed E-state index contributed by atoms with van der Waals surface area (Å²) in [4.78, 5) is 4.70. The number of anilines is 1. The summed E-state index contributed by atoms with van der Waals surface area (Å²) in [6.45, 7) is 7.59. The van der Waals surface area contributed by atoms with Gasteiger partial charge in [-0.05, 0) is 57.4 Å². The van der Waals surface area contributed by atoms with Crippen LogP contribution in [0.1, 0.15) is 38.7 Å². The van der Waals surface area contributed by atoms with E-state index in [-0.39, 0.29) is 36.2 Å². The fourth-order valence-electron chi connectivity index (χ4n) is 3.26. The molecule has 1 aliphatic rings. The van der Waals surface area contributed by atoms with Crippen molar-refractivity contribution in [1.29, 1.82) is 0 Å². The number of aryl methyl sites for hydroxylation is 1. The van der Waals surface area contributed by atoms with Crippen LogP contribution in [0.15, 0.2) is 41.7 Å². The van der Waals surface area contributed by atoms with Crippen LogP contribution in [-0.2, 0) is 23.1 Å². The van der Waals surface area contributed by atoms with Crippen LogP contribution in [0, 0.1) is 0 Å². The first-order valence-corrected chi connectivity index (χ1v) is 11.1. The van der Waals surface area contributed by atoms with Gasteiger partial charge in [0.25, 0.3) is 0 Å². The first-order valence-electron chi connectivity index (χ1n) is 11.1. The van der Waals surface area contributed by atoms with E-state index in [1.807, 2.05) is 57.6 Å². The Balaban J connectivity index is 0.00000363. The van der Waals surface area contributed by atoms with Crippen molar-refractivity contribution >= 4 is 35.6 Å². The summed E-state index contributed by atoms with van der Waals surface area (Å²) in [6, 6.07) is 7.90. The molecule has 1 unspecified atom stereocenters. The van der Waals surface area contributed by atoms with Crippen molar-refractivity contribution in [2.75, 3.05) is 31.7 Å². The number of halogens is 1. The quantitative estimate of drug-likeness (QED) is 0.188. The van der Waals surface area contributed by atoms with Gasteiger partial charge in [-0.3, -0.25) is 4.68 Å². The second kappa shape index (κ2) is 14.3. The zero-order valence-corrected chi connectivity index (χ0v) is 21.6. The van der Waals surface area contributed by atoms with Gasteiger partial charge in [-0.2, -0.15) is 5.10 Å². The Hall–Kier alpha value is -1.85. The highest BCUT2D eigenvalue weighted by Crippen LogP contribution is 2.17. The Morgan fingerprint density at radius 2 is 2.12 bits per heavy atom. The van der Waals surface area contributed by atoms with Crippen molar-refractivity contribution in [1.82, 2.24) is 15.1 Å². The van der Waals surface area contributed by atoms with Gasteiger partial charge in [0.15, 0.2) is 5.96 Å². The lowest BCUT2D eigenvalue weighted by Crippen LogP contribution is -2.32. The standard InChI is InChI=1S/C23H35N5O3.HI/c1-18(2)31-21-9-7-20(8-10-21)27-23(25-14-19-15-26-28(3)16-19)24-11-5-12-29-17-22-6-4-13-30-22;/h7-10,15-16,18,22H,4-6,11-14,17H2,1-3H3,(H2,24,25,27);1H. The lowest BCUT2D eigenvalue weighted by Gasteiger charge is -2.14. The molecule has 1 fully saturated rings. The molecule has 0 radical (unpaired) electrons. The van der Waals surface area contributed by atoms with E-state index in [1.54, 1.807) is 4.68 Å². The van der Waals surface area contributed by atoms with Crippen molar-refractivity contribution in [3.63, 3.8) is 0 Å². The van der Waals surface area contributed by atoms with E-state index in [1.165, 1.54) is 0 Å². The minimum absolute atomic E-state index is 0. The Labute approximate surface area is 208 Å². The normalized spacial score (nSPS) is 16.1. The fourth-order valence-corrected chi connectivity index (χ4v) is 3.26. The monoisotopic (exact) mass is 557 g/mol. The molecule has 32 heavy (non-hydrogen) atoms. The zero-order chi connectivity index (χ0) is 21.9. The number of nitrogens with one attached hydrogen (secondary N) is 2. The van der Waals surface area contributed by atoms with E-state index in [9.17, 15) is 0 Å². The third-order valence-electron chi connectivity index (χ3n) is 4.75. The number of guanidine groups is 1. The van der Waals surface area contributed by atoms with Crippen LogP contribution in [0.5, 0.6) is 5.75 Å². The zero-order valence-electron chi connectivity index (χ0n) is 19.3. The predicted molar refractivity (Wildman–Crippen MR) is 138 cm³/mol. The van der Waals surface area contributed by atoms with Crippen molar-refractivity contribution < 1.29 is 14.2 Å². The summed E-state index contributed by atoms with van der Waals surface area (Å²) in [5, 5.41) is 11.0. The molecular formula is C23H36IN5O3. The molecule has 0 saturated carbocycles. The average Bonchev–Trinajstić information content (AvgIpc) is 3.41. The molecule has 2 aromatic rings. The summed E-state index contributed by atoms with van der Waals surface area (Å²) >= 11 is 0. The molecule has 0 amide bonds. The molecule has 1 aromatic carbocycles. The second-order valence-corrected chi connectivity index (χ2v) is 7.99. The van der Waals surface area contributed by atoms with Crippen molar-refractivity contribution in [3.05, 3.63) is 42.2 Å². The molecule has 1 saturated heterocycles. The Morgan fingerprint density at radius 3 is 2.78 bits per heavy atom. The molecule has 2 heterocycles. The summed E-state index contributed by atoms with van der Waals surface area (Å²) < 4.78 is 18.8.